The van der Waals surface area contributed by atoms with E-state index in [-0.39, 0.29) is 11.6 Å². The molecule has 2 saturated carbocycles. The first-order chi connectivity index (χ1) is 17.5. The molecule has 2 aromatic heterocycles. The second-order valence-electron chi connectivity index (χ2n) is 10.9. The molecule has 5 rings (SSSR count). The molecular formula is C28H40N6O2. The minimum atomic E-state index is -0.0228. The van der Waals surface area contributed by atoms with Crippen LogP contribution in [-0.4, -0.2) is 42.7 Å². The number of aromatic amines is 1. The smallest absolute Gasteiger partial charge is 0.252 e. The van der Waals surface area contributed by atoms with Gasteiger partial charge >= 0.3 is 0 Å². The van der Waals surface area contributed by atoms with E-state index in [9.17, 15) is 4.79 Å². The molecule has 36 heavy (non-hydrogen) atoms. The Hall–Kier alpha value is -2.74. The SMILES string of the molecule is CCOc1ccc2[nH]c(=O)c(CN(C3CCCCC3)[C@@H](c3nnnn3C3CCCC3)C(C)C)cc2c1. The van der Waals surface area contributed by atoms with Crippen molar-refractivity contribution in [2.45, 2.75) is 103 Å². The number of nitrogens with zero attached hydrogens (tertiary/aromatic N) is 5. The molecule has 1 N–H and O–H groups in total. The molecule has 2 fully saturated rings. The Labute approximate surface area is 213 Å². The van der Waals surface area contributed by atoms with Crippen molar-refractivity contribution in [1.29, 1.82) is 0 Å². The van der Waals surface area contributed by atoms with E-state index < -0.39 is 0 Å². The average molecular weight is 493 g/mol. The highest BCUT2D eigenvalue weighted by Crippen LogP contribution is 2.38. The number of H-pyrrole nitrogens is 1. The molecule has 0 bridgehead atoms. The minimum absolute atomic E-state index is 0.0228. The number of ether oxygens (including phenoxy) is 1. The van der Waals surface area contributed by atoms with Crippen LogP contribution in [0, 0.1) is 5.92 Å². The zero-order chi connectivity index (χ0) is 25.1. The van der Waals surface area contributed by atoms with Crippen LogP contribution in [0.3, 0.4) is 0 Å². The molecule has 0 spiro atoms. The van der Waals surface area contributed by atoms with Crippen molar-refractivity contribution in [3.05, 3.63) is 46.0 Å². The molecule has 3 aromatic rings. The Kier molecular flexibility index (Phi) is 7.70. The summed E-state index contributed by atoms with van der Waals surface area (Å²) in [4.78, 5) is 18.9. The molecule has 194 valence electrons. The first-order valence-corrected chi connectivity index (χ1v) is 13.9. The van der Waals surface area contributed by atoms with Gasteiger partial charge in [0.2, 0.25) is 0 Å². The third-order valence-electron chi connectivity index (χ3n) is 8.04. The highest BCUT2D eigenvalue weighted by atomic mass is 16.5. The summed E-state index contributed by atoms with van der Waals surface area (Å²) in [5, 5.41) is 14.2. The van der Waals surface area contributed by atoms with Crippen molar-refractivity contribution < 1.29 is 4.74 Å². The highest BCUT2D eigenvalue weighted by Gasteiger charge is 2.36. The van der Waals surface area contributed by atoms with Crippen LogP contribution < -0.4 is 10.3 Å². The summed E-state index contributed by atoms with van der Waals surface area (Å²) in [6.45, 7) is 7.69. The Bertz CT molecular complexity index is 1210. The van der Waals surface area contributed by atoms with Crippen LogP contribution in [0.2, 0.25) is 0 Å². The van der Waals surface area contributed by atoms with Crippen LogP contribution in [0.25, 0.3) is 10.9 Å². The van der Waals surface area contributed by atoms with Crippen LogP contribution >= 0.6 is 0 Å². The number of pyridine rings is 1. The van der Waals surface area contributed by atoms with E-state index in [2.05, 4.69) is 43.9 Å². The lowest BCUT2D eigenvalue weighted by atomic mass is 9.90. The molecule has 8 heteroatoms. The predicted octanol–water partition coefficient (Wildman–Crippen LogP) is 5.56. The van der Waals surface area contributed by atoms with Gasteiger partial charge in [0.05, 0.1) is 18.7 Å². The molecule has 0 aliphatic heterocycles. The Morgan fingerprint density at radius 2 is 1.83 bits per heavy atom. The Balaban J connectivity index is 1.54. The molecule has 0 amide bonds. The summed E-state index contributed by atoms with van der Waals surface area (Å²) in [6.07, 6.45) is 10.8. The van der Waals surface area contributed by atoms with Crippen molar-refractivity contribution in [1.82, 2.24) is 30.1 Å². The van der Waals surface area contributed by atoms with E-state index in [4.69, 9.17) is 4.74 Å². The summed E-state index contributed by atoms with van der Waals surface area (Å²) < 4.78 is 7.82. The Morgan fingerprint density at radius 1 is 1.08 bits per heavy atom. The van der Waals surface area contributed by atoms with Gasteiger partial charge in [-0.1, -0.05) is 46.0 Å². The number of nitrogens with one attached hydrogen (secondary N) is 1. The summed E-state index contributed by atoms with van der Waals surface area (Å²) in [6, 6.07) is 8.74. The molecule has 8 nitrogen and oxygen atoms in total. The fourth-order valence-corrected chi connectivity index (χ4v) is 6.30. The first kappa shape index (κ1) is 24.9. The van der Waals surface area contributed by atoms with Crippen LogP contribution in [0.4, 0.5) is 0 Å². The lowest BCUT2D eigenvalue weighted by Gasteiger charge is -2.41. The molecular weight excluding hydrogens is 452 g/mol. The predicted molar refractivity (Wildman–Crippen MR) is 141 cm³/mol. The van der Waals surface area contributed by atoms with E-state index in [0.717, 1.165) is 53.7 Å². The number of tetrazole rings is 1. The molecule has 0 radical (unpaired) electrons. The molecule has 2 aliphatic carbocycles. The van der Waals surface area contributed by atoms with Gasteiger partial charge in [-0.25, -0.2) is 4.68 Å². The zero-order valence-electron chi connectivity index (χ0n) is 21.9. The highest BCUT2D eigenvalue weighted by molar-refractivity contribution is 5.80. The molecule has 1 aromatic carbocycles. The van der Waals surface area contributed by atoms with Crippen LogP contribution in [0.5, 0.6) is 5.75 Å². The first-order valence-electron chi connectivity index (χ1n) is 13.9. The number of fused-ring (bicyclic) bond motifs is 1. The van der Waals surface area contributed by atoms with Gasteiger partial charge < -0.3 is 9.72 Å². The van der Waals surface area contributed by atoms with Gasteiger partial charge in [-0.2, -0.15) is 0 Å². The average Bonchev–Trinajstić information content (AvgIpc) is 3.57. The van der Waals surface area contributed by atoms with Crippen molar-refractivity contribution in [3.63, 3.8) is 0 Å². The van der Waals surface area contributed by atoms with Crippen molar-refractivity contribution in [2.75, 3.05) is 6.61 Å². The summed E-state index contributed by atoms with van der Waals surface area (Å²) in [5.41, 5.74) is 1.60. The molecule has 2 aliphatic rings. The number of rotatable bonds is 9. The second-order valence-corrected chi connectivity index (χ2v) is 10.9. The lowest BCUT2D eigenvalue weighted by molar-refractivity contribution is 0.0598. The van der Waals surface area contributed by atoms with Gasteiger partial charge in [-0.3, -0.25) is 9.69 Å². The standard InChI is InChI=1S/C28H40N6O2/c1-4-36-24-14-15-25-20(17-24)16-21(28(35)29-25)18-33(22-10-6-5-7-11-22)26(19(2)3)27-30-31-32-34(27)23-12-8-9-13-23/h14-17,19,22-23,26H,4-13,18H2,1-3H3,(H,29,35)/t26-/m1/s1. The van der Waals surface area contributed by atoms with E-state index in [1.165, 1.54) is 32.1 Å². The van der Waals surface area contributed by atoms with Gasteiger partial charge in [0, 0.05) is 29.1 Å². The molecule has 0 saturated heterocycles. The van der Waals surface area contributed by atoms with Gasteiger partial charge in [0.1, 0.15) is 5.75 Å². The van der Waals surface area contributed by atoms with E-state index in [1.807, 2.05) is 31.2 Å². The Morgan fingerprint density at radius 3 is 2.56 bits per heavy atom. The molecule has 2 heterocycles. The third-order valence-corrected chi connectivity index (χ3v) is 8.04. The van der Waals surface area contributed by atoms with Gasteiger partial charge in [-0.15, -0.1) is 5.10 Å². The minimum Gasteiger partial charge on any atom is -0.494 e. The van der Waals surface area contributed by atoms with Crippen molar-refractivity contribution >= 4 is 10.9 Å². The fraction of sp³-hybridized carbons (Fsp3) is 0.643. The van der Waals surface area contributed by atoms with Crippen LogP contribution in [-0.2, 0) is 6.54 Å². The van der Waals surface area contributed by atoms with Crippen LogP contribution in [0.15, 0.2) is 29.1 Å². The van der Waals surface area contributed by atoms with E-state index in [0.29, 0.717) is 31.2 Å². The summed E-state index contributed by atoms with van der Waals surface area (Å²) in [7, 11) is 0. The number of aromatic nitrogens is 5. The fourth-order valence-electron chi connectivity index (χ4n) is 6.30. The summed E-state index contributed by atoms with van der Waals surface area (Å²) in [5.74, 6) is 2.09. The number of hydrogen-bond donors (Lipinski definition) is 1. The van der Waals surface area contributed by atoms with Crippen molar-refractivity contribution in [2.24, 2.45) is 5.92 Å². The van der Waals surface area contributed by atoms with Gasteiger partial charge in [-0.05, 0) is 73.2 Å². The van der Waals surface area contributed by atoms with Crippen molar-refractivity contribution in [3.8, 4) is 5.75 Å². The lowest BCUT2D eigenvalue weighted by Crippen LogP contribution is -2.43. The van der Waals surface area contributed by atoms with Gasteiger partial charge in [0.25, 0.3) is 5.56 Å². The number of benzene rings is 1. The number of hydrogen-bond acceptors (Lipinski definition) is 6. The zero-order valence-corrected chi connectivity index (χ0v) is 21.9. The quantitative estimate of drug-likeness (QED) is 0.421. The van der Waals surface area contributed by atoms with E-state index in [1.54, 1.807) is 0 Å². The normalized spacial score (nSPS) is 18.5. The maximum absolute atomic E-state index is 13.3. The molecule has 1 atom stereocenters. The monoisotopic (exact) mass is 492 g/mol. The molecule has 0 unspecified atom stereocenters. The maximum Gasteiger partial charge on any atom is 0.252 e. The third kappa shape index (κ3) is 5.19. The second kappa shape index (κ2) is 11.1. The van der Waals surface area contributed by atoms with E-state index >= 15 is 0 Å². The topological polar surface area (TPSA) is 88.9 Å². The summed E-state index contributed by atoms with van der Waals surface area (Å²) >= 11 is 0. The maximum atomic E-state index is 13.3. The van der Waals surface area contributed by atoms with Crippen LogP contribution in [0.1, 0.15) is 102 Å². The van der Waals surface area contributed by atoms with Gasteiger partial charge in [0.15, 0.2) is 5.82 Å². The largest absolute Gasteiger partial charge is 0.494 e.